The van der Waals surface area contributed by atoms with Crippen LogP contribution in [0.15, 0.2) is 43.1 Å². The number of carbonyl (C=O) groups excluding carboxylic acids is 1. The Hall–Kier alpha value is -3.42. The molecule has 5 rings (SSSR count). The normalized spacial score (nSPS) is 18.0. The lowest BCUT2D eigenvalue weighted by Gasteiger charge is -2.33. The summed E-state index contributed by atoms with van der Waals surface area (Å²) in [6.45, 7) is 3.59. The van der Waals surface area contributed by atoms with Crippen molar-refractivity contribution in [1.29, 1.82) is 0 Å². The second-order valence-electron chi connectivity index (χ2n) is 8.06. The molecular formula is C22H25N7O. The third-order valence-electron chi connectivity index (χ3n) is 5.88. The molecule has 8 heteroatoms. The van der Waals surface area contributed by atoms with Crippen LogP contribution in [-0.2, 0) is 11.2 Å². The minimum Gasteiger partial charge on any atom is -0.361 e. The van der Waals surface area contributed by atoms with E-state index in [9.17, 15) is 4.79 Å². The Morgan fingerprint density at radius 2 is 2.17 bits per heavy atom. The molecule has 0 spiro atoms. The number of aromatic nitrogens is 5. The molecule has 4 aromatic rings. The number of H-pyrrole nitrogens is 2. The highest BCUT2D eigenvalue weighted by Gasteiger charge is 2.28. The summed E-state index contributed by atoms with van der Waals surface area (Å²) in [5, 5.41) is 4.44. The molecule has 2 atom stereocenters. The average Bonchev–Trinajstić information content (AvgIpc) is 3.41. The van der Waals surface area contributed by atoms with E-state index in [0.29, 0.717) is 12.2 Å². The molecule has 1 aliphatic rings. The molecule has 1 fully saturated rings. The van der Waals surface area contributed by atoms with E-state index in [1.165, 1.54) is 17.3 Å². The fourth-order valence-electron chi connectivity index (χ4n) is 4.42. The number of hydrogen-bond acceptors (Lipinski definition) is 5. The van der Waals surface area contributed by atoms with E-state index < -0.39 is 0 Å². The van der Waals surface area contributed by atoms with Crippen molar-refractivity contribution < 1.29 is 4.79 Å². The number of nitrogens with zero attached hydrogens (tertiary/aromatic N) is 4. The zero-order valence-electron chi connectivity index (χ0n) is 16.9. The summed E-state index contributed by atoms with van der Waals surface area (Å²) in [5.41, 5.74) is 3.83. The Balaban J connectivity index is 1.25. The Bertz CT molecular complexity index is 1180. The summed E-state index contributed by atoms with van der Waals surface area (Å²) in [4.78, 5) is 34.4. The molecule has 154 valence electrons. The molecule has 0 bridgehead atoms. The van der Waals surface area contributed by atoms with Crippen LogP contribution in [0, 0.1) is 5.92 Å². The Morgan fingerprint density at radius 3 is 3.10 bits per heavy atom. The number of hydrogen-bond donors (Lipinski definition) is 3. The molecule has 1 aromatic carbocycles. The van der Waals surface area contributed by atoms with E-state index in [1.807, 2.05) is 18.3 Å². The van der Waals surface area contributed by atoms with Crippen LogP contribution in [0.5, 0.6) is 0 Å². The molecule has 3 aromatic heterocycles. The lowest BCUT2D eigenvalue weighted by molar-refractivity contribution is -0.125. The maximum atomic E-state index is 13.0. The Labute approximate surface area is 174 Å². The number of anilines is 1. The van der Waals surface area contributed by atoms with Crippen molar-refractivity contribution in [2.45, 2.75) is 32.2 Å². The van der Waals surface area contributed by atoms with Crippen LogP contribution in [-0.4, -0.2) is 50.0 Å². The first-order valence-corrected chi connectivity index (χ1v) is 10.4. The number of aromatic amines is 2. The third kappa shape index (κ3) is 3.49. The van der Waals surface area contributed by atoms with Crippen molar-refractivity contribution in [3.8, 4) is 0 Å². The summed E-state index contributed by atoms with van der Waals surface area (Å²) in [6.07, 6.45) is 7.84. The zero-order chi connectivity index (χ0) is 20.5. The van der Waals surface area contributed by atoms with E-state index >= 15 is 0 Å². The maximum Gasteiger partial charge on any atom is 0.225 e. The predicted molar refractivity (Wildman–Crippen MR) is 116 cm³/mol. The van der Waals surface area contributed by atoms with E-state index in [0.717, 1.165) is 42.7 Å². The number of para-hydroxylation sites is 1. The Morgan fingerprint density at radius 1 is 1.27 bits per heavy atom. The van der Waals surface area contributed by atoms with Crippen molar-refractivity contribution in [1.82, 2.24) is 30.2 Å². The monoisotopic (exact) mass is 403 g/mol. The predicted octanol–water partition coefficient (Wildman–Crippen LogP) is 2.80. The summed E-state index contributed by atoms with van der Waals surface area (Å²) in [5.74, 6) is 0.876. The van der Waals surface area contributed by atoms with Gasteiger partial charge in [0, 0.05) is 36.2 Å². The number of carbonyl (C=O) groups is 1. The van der Waals surface area contributed by atoms with Crippen LogP contribution in [0.25, 0.3) is 22.1 Å². The molecule has 0 radical (unpaired) electrons. The number of imidazole rings is 1. The van der Waals surface area contributed by atoms with Crippen LogP contribution >= 0.6 is 0 Å². The highest BCUT2D eigenvalue weighted by molar-refractivity contribution is 5.85. The number of benzene rings is 1. The molecule has 1 amide bonds. The number of amides is 1. The summed E-state index contributed by atoms with van der Waals surface area (Å²) in [6, 6.07) is 8.32. The second kappa shape index (κ2) is 7.78. The van der Waals surface area contributed by atoms with Gasteiger partial charge in [-0.25, -0.2) is 15.0 Å². The van der Waals surface area contributed by atoms with Crippen LogP contribution in [0.1, 0.15) is 25.3 Å². The molecule has 8 nitrogen and oxygen atoms in total. The third-order valence-corrected chi connectivity index (χ3v) is 5.88. The standard InChI is InChI=1S/C22H25N7O/c1-14(9-16-10-23-18-7-3-2-6-17(16)18)28-22(30)15-5-4-8-29(11-15)21-19-20(25-12-24-19)26-13-27-21/h2-3,6-7,10,12-15,23H,4-5,8-9,11H2,1H3,(H,28,30)(H,24,25,26,27). The van der Waals surface area contributed by atoms with Crippen molar-refractivity contribution in [2.24, 2.45) is 5.92 Å². The van der Waals surface area contributed by atoms with Crippen LogP contribution < -0.4 is 10.2 Å². The molecular weight excluding hydrogens is 378 g/mol. The van der Waals surface area contributed by atoms with Crippen molar-refractivity contribution in [3.63, 3.8) is 0 Å². The van der Waals surface area contributed by atoms with E-state index in [-0.39, 0.29) is 17.9 Å². The van der Waals surface area contributed by atoms with Crippen molar-refractivity contribution >= 4 is 33.8 Å². The van der Waals surface area contributed by atoms with E-state index in [1.54, 1.807) is 6.33 Å². The van der Waals surface area contributed by atoms with Crippen LogP contribution in [0.4, 0.5) is 5.82 Å². The van der Waals surface area contributed by atoms with Crippen LogP contribution in [0.3, 0.4) is 0 Å². The molecule has 1 aliphatic heterocycles. The highest BCUT2D eigenvalue weighted by atomic mass is 16.2. The lowest BCUT2D eigenvalue weighted by Crippen LogP contribution is -2.46. The van der Waals surface area contributed by atoms with Gasteiger partial charge in [-0.2, -0.15) is 0 Å². The molecule has 0 aliphatic carbocycles. The van der Waals surface area contributed by atoms with Gasteiger partial charge in [0.1, 0.15) is 11.8 Å². The van der Waals surface area contributed by atoms with Crippen molar-refractivity contribution in [2.75, 3.05) is 18.0 Å². The van der Waals surface area contributed by atoms with Gasteiger partial charge in [-0.3, -0.25) is 4.79 Å². The van der Waals surface area contributed by atoms with Gasteiger partial charge in [-0.05, 0) is 37.8 Å². The minimum absolute atomic E-state index is 0.0582. The van der Waals surface area contributed by atoms with Gasteiger partial charge in [0.05, 0.1) is 12.2 Å². The summed E-state index contributed by atoms with van der Waals surface area (Å²) in [7, 11) is 0. The van der Waals surface area contributed by atoms with Gasteiger partial charge >= 0.3 is 0 Å². The van der Waals surface area contributed by atoms with Crippen LogP contribution in [0.2, 0.25) is 0 Å². The first-order valence-electron chi connectivity index (χ1n) is 10.4. The number of rotatable bonds is 5. The number of fused-ring (bicyclic) bond motifs is 2. The minimum atomic E-state index is -0.0582. The highest BCUT2D eigenvalue weighted by Crippen LogP contribution is 2.26. The summed E-state index contributed by atoms with van der Waals surface area (Å²) >= 11 is 0. The molecule has 3 N–H and O–H groups in total. The van der Waals surface area contributed by atoms with Gasteiger partial charge in [0.2, 0.25) is 5.91 Å². The smallest absolute Gasteiger partial charge is 0.225 e. The molecule has 1 saturated heterocycles. The van der Waals surface area contributed by atoms with Gasteiger partial charge in [0.15, 0.2) is 11.5 Å². The molecule has 30 heavy (non-hydrogen) atoms. The first kappa shape index (κ1) is 18.6. The lowest BCUT2D eigenvalue weighted by atomic mass is 9.96. The number of piperidine rings is 1. The largest absolute Gasteiger partial charge is 0.361 e. The quantitative estimate of drug-likeness (QED) is 0.476. The topological polar surface area (TPSA) is 103 Å². The average molecular weight is 403 g/mol. The fourth-order valence-corrected chi connectivity index (χ4v) is 4.42. The molecule has 4 heterocycles. The molecule has 2 unspecified atom stereocenters. The molecule has 0 saturated carbocycles. The fraction of sp³-hybridized carbons (Fsp3) is 0.364. The van der Waals surface area contributed by atoms with Gasteiger partial charge < -0.3 is 20.2 Å². The number of nitrogens with one attached hydrogen (secondary N) is 3. The second-order valence-corrected chi connectivity index (χ2v) is 8.06. The van der Waals surface area contributed by atoms with Gasteiger partial charge in [-0.15, -0.1) is 0 Å². The van der Waals surface area contributed by atoms with Gasteiger partial charge in [-0.1, -0.05) is 18.2 Å². The Kier molecular flexibility index (Phi) is 4.82. The van der Waals surface area contributed by atoms with E-state index in [2.05, 4.69) is 54.2 Å². The zero-order valence-corrected chi connectivity index (χ0v) is 16.9. The van der Waals surface area contributed by atoms with Crippen molar-refractivity contribution in [3.05, 3.63) is 48.7 Å². The van der Waals surface area contributed by atoms with Gasteiger partial charge in [0.25, 0.3) is 0 Å². The first-order chi connectivity index (χ1) is 14.7. The summed E-state index contributed by atoms with van der Waals surface area (Å²) < 4.78 is 0. The maximum absolute atomic E-state index is 13.0. The SMILES string of the molecule is CC(Cc1c[nH]c2ccccc12)NC(=O)C1CCCN(c2ncnc3nc[nH]c23)C1. The van der Waals surface area contributed by atoms with E-state index in [4.69, 9.17) is 0 Å².